The third-order valence-corrected chi connectivity index (χ3v) is 7.19. The van der Waals surface area contributed by atoms with Crippen LogP contribution >= 0.6 is 0 Å². The van der Waals surface area contributed by atoms with Crippen LogP contribution in [0, 0.1) is 20.8 Å². The third-order valence-electron chi connectivity index (χ3n) is 4.89. The Balaban J connectivity index is 2.07. The molecule has 2 rings (SSSR count). The molecule has 0 aliphatic heterocycles. The highest BCUT2D eigenvalue weighted by atomic mass is 32.2. The van der Waals surface area contributed by atoms with E-state index in [1.807, 2.05) is 31.2 Å². The first-order valence-corrected chi connectivity index (χ1v) is 11.0. The Morgan fingerprint density at radius 2 is 1.79 bits per heavy atom. The van der Waals surface area contributed by atoms with Crippen LogP contribution in [0.15, 0.2) is 29.2 Å². The van der Waals surface area contributed by atoms with Gasteiger partial charge in [0.15, 0.2) is 0 Å². The first-order chi connectivity index (χ1) is 13.2. The molecule has 8 heteroatoms. The largest absolute Gasteiger partial charge is 0.354 e. The van der Waals surface area contributed by atoms with Crippen LogP contribution in [0.4, 0.5) is 0 Å². The molecule has 28 heavy (non-hydrogen) atoms. The van der Waals surface area contributed by atoms with Gasteiger partial charge in [-0.15, -0.1) is 0 Å². The van der Waals surface area contributed by atoms with Gasteiger partial charge in [-0.2, -0.15) is 9.40 Å². The summed E-state index contributed by atoms with van der Waals surface area (Å²) in [5.41, 5.74) is 3.29. The van der Waals surface area contributed by atoms with E-state index in [0.29, 0.717) is 31.0 Å². The molecule has 0 saturated heterocycles. The summed E-state index contributed by atoms with van der Waals surface area (Å²) in [5.74, 6) is -0.189. The summed E-state index contributed by atoms with van der Waals surface area (Å²) in [6.45, 7) is 10.3. The van der Waals surface area contributed by atoms with Crippen LogP contribution in [-0.2, 0) is 27.8 Å². The van der Waals surface area contributed by atoms with Gasteiger partial charge in [-0.25, -0.2) is 8.42 Å². The van der Waals surface area contributed by atoms with Gasteiger partial charge in [0.1, 0.15) is 11.4 Å². The van der Waals surface area contributed by atoms with Crippen molar-refractivity contribution in [3.05, 3.63) is 46.8 Å². The van der Waals surface area contributed by atoms with Crippen LogP contribution in [0.5, 0.6) is 0 Å². The number of benzene rings is 1. The Morgan fingerprint density at radius 3 is 2.39 bits per heavy atom. The van der Waals surface area contributed by atoms with Crippen LogP contribution < -0.4 is 5.32 Å². The number of nitrogens with one attached hydrogen (secondary N) is 1. The van der Waals surface area contributed by atoms with E-state index in [-0.39, 0.29) is 17.3 Å². The van der Waals surface area contributed by atoms with Crippen molar-refractivity contribution in [1.82, 2.24) is 19.4 Å². The monoisotopic (exact) mass is 406 g/mol. The zero-order valence-electron chi connectivity index (χ0n) is 17.3. The molecule has 0 radical (unpaired) electrons. The molecule has 0 atom stereocenters. The summed E-state index contributed by atoms with van der Waals surface area (Å²) in [7, 11) is -3.62. The molecule has 1 amide bonds. The molecule has 154 valence electrons. The summed E-state index contributed by atoms with van der Waals surface area (Å²) in [4.78, 5) is 12.5. The fraction of sp³-hybridized carbons (Fsp3) is 0.500. The predicted molar refractivity (Wildman–Crippen MR) is 110 cm³/mol. The Labute approximate surface area is 167 Å². The average molecular weight is 407 g/mol. The first-order valence-electron chi connectivity index (χ1n) is 9.57. The molecule has 0 unspecified atom stereocenters. The highest BCUT2D eigenvalue weighted by Crippen LogP contribution is 2.23. The summed E-state index contributed by atoms with van der Waals surface area (Å²) in [6.07, 6.45) is 0.747. The number of carbonyl (C=O) groups excluding carboxylic acids is 1. The van der Waals surface area contributed by atoms with Gasteiger partial charge in [-0.3, -0.25) is 9.48 Å². The topological polar surface area (TPSA) is 84.3 Å². The van der Waals surface area contributed by atoms with Crippen LogP contribution in [0.2, 0.25) is 0 Å². The lowest BCUT2D eigenvalue weighted by Gasteiger charge is -2.18. The molecule has 1 N–H and O–H groups in total. The Kier molecular flexibility index (Phi) is 7.37. The maximum Gasteiger partial charge on any atom is 0.246 e. The van der Waals surface area contributed by atoms with Crippen molar-refractivity contribution in [1.29, 1.82) is 0 Å². The summed E-state index contributed by atoms with van der Waals surface area (Å²) >= 11 is 0. The van der Waals surface area contributed by atoms with Crippen molar-refractivity contribution < 1.29 is 13.2 Å². The van der Waals surface area contributed by atoms with E-state index in [0.717, 1.165) is 6.42 Å². The molecule has 0 saturated carbocycles. The number of hydrogen-bond donors (Lipinski definition) is 1. The Hall–Kier alpha value is -2.19. The van der Waals surface area contributed by atoms with Crippen molar-refractivity contribution >= 4 is 15.9 Å². The SMILES string of the molecule is CCN(CC)S(=O)(=O)c1c(C)nn(CC(=O)NCCc2ccccc2C)c1C. The van der Waals surface area contributed by atoms with Crippen molar-refractivity contribution in [2.24, 2.45) is 0 Å². The molecule has 1 aromatic carbocycles. The highest BCUT2D eigenvalue weighted by Gasteiger charge is 2.29. The minimum absolute atomic E-state index is 0.00574. The lowest BCUT2D eigenvalue weighted by atomic mass is 10.1. The molecule has 0 aliphatic rings. The minimum Gasteiger partial charge on any atom is -0.354 e. The standard InChI is InChI=1S/C20H30N4O3S/c1-6-23(7-2)28(26,27)20-16(4)22-24(17(20)5)14-19(25)21-13-12-18-11-9-8-10-15(18)3/h8-11H,6-7,12-14H2,1-5H3,(H,21,25). The van der Waals surface area contributed by atoms with Gasteiger partial charge in [0.05, 0.1) is 11.4 Å². The van der Waals surface area contributed by atoms with E-state index < -0.39 is 10.0 Å². The fourth-order valence-corrected chi connectivity index (χ4v) is 5.15. The summed E-state index contributed by atoms with van der Waals surface area (Å²) in [5, 5.41) is 7.18. The molecular formula is C20H30N4O3S. The summed E-state index contributed by atoms with van der Waals surface area (Å²) < 4.78 is 28.6. The number of amides is 1. The molecule has 1 aromatic heterocycles. The number of sulfonamides is 1. The normalized spacial score (nSPS) is 11.8. The van der Waals surface area contributed by atoms with E-state index in [1.54, 1.807) is 27.7 Å². The number of carbonyl (C=O) groups is 1. The molecule has 2 aromatic rings. The second kappa shape index (κ2) is 9.34. The second-order valence-corrected chi connectivity index (χ2v) is 8.65. The number of nitrogens with zero attached hydrogens (tertiary/aromatic N) is 3. The zero-order valence-corrected chi connectivity index (χ0v) is 18.1. The van der Waals surface area contributed by atoms with E-state index >= 15 is 0 Å². The average Bonchev–Trinajstić information content (AvgIpc) is 2.91. The van der Waals surface area contributed by atoms with Gasteiger partial charge >= 0.3 is 0 Å². The fourth-order valence-electron chi connectivity index (χ4n) is 3.32. The third kappa shape index (κ3) is 4.80. The quantitative estimate of drug-likeness (QED) is 0.692. The molecule has 7 nitrogen and oxygen atoms in total. The van der Waals surface area contributed by atoms with Crippen molar-refractivity contribution in [2.45, 2.75) is 52.5 Å². The van der Waals surface area contributed by atoms with Crippen LogP contribution in [0.1, 0.15) is 36.4 Å². The van der Waals surface area contributed by atoms with Gasteiger partial charge in [-0.1, -0.05) is 38.1 Å². The molecule has 1 heterocycles. The second-order valence-electron chi connectivity index (χ2n) is 6.77. The van der Waals surface area contributed by atoms with Gasteiger partial charge < -0.3 is 5.32 Å². The molecule has 0 bridgehead atoms. The molecule has 0 spiro atoms. The van der Waals surface area contributed by atoms with E-state index in [1.165, 1.54) is 20.1 Å². The van der Waals surface area contributed by atoms with Crippen molar-refractivity contribution in [2.75, 3.05) is 19.6 Å². The van der Waals surface area contributed by atoms with Gasteiger partial charge in [0.2, 0.25) is 15.9 Å². The first kappa shape index (κ1) is 22.1. The van der Waals surface area contributed by atoms with Crippen LogP contribution in [-0.4, -0.2) is 48.0 Å². The summed E-state index contributed by atoms with van der Waals surface area (Å²) in [6, 6.07) is 8.07. The number of rotatable bonds is 9. The maximum absolute atomic E-state index is 12.9. The molecular weight excluding hydrogens is 376 g/mol. The van der Waals surface area contributed by atoms with E-state index in [2.05, 4.69) is 10.4 Å². The number of aromatic nitrogens is 2. The van der Waals surface area contributed by atoms with Crippen LogP contribution in [0.25, 0.3) is 0 Å². The van der Waals surface area contributed by atoms with Gasteiger partial charge in [0, 0.05) is 19.6 Å². The van der Waals surface area contributed by atoms with E-state index in [9.17, 15) is 13.2 Å². The highest BCUT2D eigenvalue weighted by molar-refractivity contribution is 7.89. The van der Waals surface area contributed by atoms with Crippen LogP contribution in [0.3, 0.4) is 0 Å². The van der Waals surface area contributed by atoms with Crippen molar-refractivity contribution in [3.8, 4) is 0 Å². The predicted octanol–water partition coefficient (Wildman–Crippen LogP) is 2.20. The molecule has 0 aliphatic carbocycles. The lowest BCUT2D eigenvalue weighted by Crippen LogP contribution is -2.32. The van der Waals surface area contributed by atoms with E-state index in [4.69, 9.17) is 0 Å². The Morgan fingerprint density at radius 1 is 1.14 bits per heavy atom. The smallest absolute Gasteiger partial charge is 0.246 e. The number of hydrogen-bond acceptors (Lipinski definition) is 4. The van der Waals surface area contributed by atoms with Crippen molar-refractivity contribution in [3.63, 3.8) is 0 Å². The van der Waals surface area contributed by atoms with Gasteiger partial charge in [-0.05, 0) is 38.3 Å². The lowest BCUT2D eigenvalue weighted by molar-refractivity contribution is -0.121. The zero-order chi connectivity index (χ0) is 20.9. The van der Waals surface area contributed by atoms with Gasteiger partial charge in [0.25, 0.3) is 0 Å². The Bertz CT molecular complexity index is 931. The maximum atomic E-state index is 12.9. The number of aryl methyl sites for hydroxylation is 2. The molecule has 0 fully saturated rings. The minimum atomic E-state index is -3.62.